The van der Waals surface area contributed by atoms with Crippen molar-refractivity contribution in [1.29, 1.82) is 0 Å². The van der Waals surface area contributed by atoms with Crippen LogP contribution in [0.2, 0.25) is 5.02 Å². The molecule has 0 unspecified atom stereocenters. The molecule has 0 saturated heterocycles. The summed E-state index contributed by atoms with van der Waals surface area (Å²) < 4.78 is 18.3. The second-order valence-electron chi connectivity index (χ2n) is 4.82. The van der Waals surface area contributed by atoms with Crippen LogP contribution in [0.25, 0.3) is 0 Å². The highest BCUT2D eigenvalue weighted by molar-refractivity contribution is 6.30. The Kier molecular flexibility index (Phi) is 4.40. The molecule has 0 saturated carbocycles. The molecule has 1 aromatic rings. The number of nitrogens with one attached hydrogen (secondary N) is 1. The molecule has 0 atom stereocenters. The normalized spacial score (nSPS) is 11.2. The Labute approximate surface area is 110 Å². The second-order valence-corrected chi connectivity index (χ2v) is 5.25. The third-order valence-electron chi connectivity index (χ3n) is 2.00. The number of carbonyl (C=O) groups excluding carboxylic acids is 1. The summed E-state index contributed by atoms with van der Waals surface area (Å²) in [6, 6.07) is 2.62. The van der Waals surface area contributed by atoms with E-state index in [1.807, 2.05) is 0 Å². The molecule has 1 rings (SSSR count). The molecule has 0 aliphatic carbocycles. The zero-order valence-corrected chi connectivity index (χ0v) is 11.3. The van der Waals surface area contributed by atoms with Crippen LogP contribution in [0.15, 0.2) is 12.1 Å². The Morgan fingerprint density at radius 2 is 2.11 bits per heavy atom. The number of rotatable bonds is 2. The Hall–Kier alpha value is -1.49. The van der Waals surface area contributed by atoms with Gasteiger partial charge in [0.05, 0.1) is 5.69 Å². The third kappa shape index (κ3) is 4.41. The lowest BCUT2D eigenvalue weighted by molar-refractivity contribution is 0.0523. The molecule has 0 aliphatic heterocycles. The number of halogens is 2. The lowest BCUT2D eigenvalue weighted by Crippen LogP contribution is -2.32. The highest BCUT2D eigenvalue weighted by Crippen LogP contribution is 2.22. The molecule has 0 radical (unpaired) electrons. The number of anilines is 1. The summed E-state index contributed by atoms with van der Waals surface area (Å²) in [5, 5.41) is 2.71. The molecule has 6 heteroatoms. The molecule has 1 aromatic carbocycles. The second kappa shape index (κ2) is 5.44. The zero-order chi connectivity index (χ0) is 13.9. The summed E-state index contributed by atoms with van der Waals surface area (Å²) in [6.07, 6.45) is -0.595. The van der Waals surface area contributed by atoms with Crippen LogP contribution in [-0.2, 0) is 11.3 Å². The van der Waals surface area contributed by atoms with Crippen LogP contribution in [0.4, 0.5) is 14.9 Å². The van der Waals surface area contributed by atoms with Crippen molar-refractivity contribution >= 4 is 23.4 Å². The van der Waals surface area contributed by atoms with Gasteiger partial charge >= 0.3 is 6.09 Å². The van der Waals surface area contributed by atoms with E-state index < -0.39 is 17.5 Å². The van der Waals surface area contributed by atoms with E-state index in [1.165, 1.54) is 6.07 Å². The van der Waals surface area contributed by atoms with Gasteiger partial charge in [-0.25, -0.2) is 9.18 Å². The van der Waals surface area contributed by atoms with E-state index in [1.54, 1.807) is 20.8 Å². The third-order valence-corrected chi connectivity index (χ3v) is 2.22. The van der Waals surface area contributed by atoms with Crippen LogP contribution in [0.3, 0.4) is 0 Å². The summed E-state index contributed by atoms with van der Waals surface area (Å²) in [7, 11) is 0. The van der Waals surface area contributed by atoms with Gasteiger partial charge in [0.25, 0.3) is 0 Å². The SMILES string of the molecule is CC(C)(C)OC(=O)NCc1cc(Cl)cc(F)c1N. The molecule has 0 spiro atoms. The maximum Gasteiger partial charge on any atom is 0.407 e. The van der Waals surface area contributed by atoms with Gasteiger partial charge in [0.1, 0.15) is 11.4 Å². The molecule has 4 nitrogen and oxygen atoms in total. The molecule has 0 fully saturated rings. The molecule has 3 N–H and O–H groups in total. The number of hydrogen-bond donors (Lipinski definition) is 2. The van der Waals surface area contributed by atoms with Gasteiger partial charge in [-0.3, -0.25) is 0 Å². The fraction of sp³-hybridized carbons (Fsp3) is 0.417. The van der Waals surface area contributed by atoms with Gasteiger partial charge in [-0.1, -0.05) is 11.6 Å². The summed E-state index contributed by atoms with van der Waals surface area (Å²) in [4.78, 5) is 11.4. The van der Waals surface area contributed by atoms with Gasteiger partial charge in [0.15, 0.2) is 0 Å². The number of alkyl carbamates (subject to hydrolysis) is 1. The van der Waals surface area contributed by atoms with Crippen molar-refractivity contribution in [3.05, 3.63) is 28.5 Å². The molecule has 1 amide bonds. The van der Waals surface area contributed by atoms with Crippen molar-refractivity contribution in [3.8, 4) is 0 Å². The van der Waals surface area contributed by atoms with E-state index in [0.29, 0.717) is 5.56 Å². The Balaban J connectivity index is 2.67. The molecule has 100 valence electrons. The number of nitrogens with two attached hydrogens (primary N) is 1. The molecular formula is C12H16ClFN2O2. The van der Waals surface area contributed by atoms with Crippen molar-refractivity contribution in [2.75, 3.05) is 5.73 Å². The smallest absolute Gasteiger partial charge is 0.407 e. The topological polar surface area (TPSA) is 64.3 Å². The monoisotopic (exact) mass is 274 g/mol. The first-order chi connectivity index (χ1) is 8.19. The Bertz CT molecular complexity index is 458. The van der Waals surface area contributed by atoms with Gasteiger partial charge in [-0.05, 0) is 38.5 Å². The Morgan fingerprint density at radius 1 is 1.50 bits per heavy atom. The van der Waals surface area contributed by atoms with Crippen LogP contribution in [0.5, 0.6) is 0 Å². The van der Waals surface area contributed by atoms with Crippen molar-refractivity contribution in [3.63, 3.8) is 0 Å². The average Bonchev–Trinajstić information content (AvgIpc) is 2.18. The quantitative estimate of drug-likeness (QED) is 0.815. The molecular weight excluding hydrogens is 259 g/mol. The summed E-state index contributed by atoms with van der Waals surface area (Å²) in [6.45, 7) is 5.30. The first-order valence-electron chi connectivity index (χ1n) is 5.39. The van der Waals surface area contributed by atoms with Gasteiger partial charge < -0.3 is 15.8 Å². The van der Waals surface area contributed by atoms with Gasteiger partial charge in [0.2, 0.25) is 0 Å². The minimum atomic E-state index is -0.608. The minimum Gasteiger partial charge on any atom is -0.444 e. The molecule has 0 aliphatic rings. The van der Waals surface area contributed by atoms with Crippen LogP contribution in [0.1, 0.15) is 26.3 Å². The number of amides is 1. The number of nitrogen functional groups attached to an aromatic ring is 1. The maximum atomic E-state index is 13.3. The molecule has 0 aromatic heterocycles. The van der Waals surface area contributed by atoms with Gasteiger partial charge in [0, 0.05) is 11.6 Å². The predicted molar refractivity (Wildman–Crippen MR) is 68.9 cm³/mol. The van der Waals surface area contributed by atoms with E-state index in [4.69, 9.17) is 22.1 Å². The van der Waals surface area contributed by atoms with E-state index in [0.717, 1.165) is 6.07 Å². The van der Waals surface area contributed by atoms with E-state index in [-0.39, 0.29) is 17.3 Å². The fourth-order valence-corrected chi connectivity index (χ4v) is 1.49. The highest BCUT2D eigenvalue weighted by Gasteiger charge is 2.16. The average molecular weight is 275 g/mol. The van der Waals surface area contributed by atoms with Crippen molar-refractivity contribution in [2.24, 2.45) is 0 Å². The summed E-state index contributed by atoms with van der Waals surface area (Å²) in [5.74, 6) is -0.608. The largest absolute Gasteiger partial charge is 0.444 e. The highest BCUT2D eigenvalue weighted by atomic mass is 35.5. The van der Waals surface area contributed by atoms with Crippen molar-refractivity contribution in [1.82, 2.24) is 5.32 Å². The van der Waals surface area contributed by atoms with Crippen LogP contribution in [0, 0.1) is 5.82 Å². The lowest BCUT2D eigenvalue weighted by Gasteiger charge is -2.20. The maximum absolute atomic E-state index is 13.3. The molecule has 0 bridgehead atoms. The lowest BCUT2D eigenvalue weighted by atomic mass is 10.1. The van der Waals surface area contributed by atoms with Gasteiger partial charge in [-0.15, -0.1) is 0 Å². The standard InChI is InChI=1S/C12H16ClFN2O2/c1-12(2,3)18-11(17)16-6-7-4-8(13)5-9(14)10(7)15/h4-5H,6,15H2,1-3H3,(H,16,17). The van der Waals surface area contributed by atoms with E-state index in [2.05, 4.69) is 5.32 Å². The van der Waals surface area contributed by atoms with Crippen LogP contribution >= 0.6 is 11.6 Å². The van der Waals surface area contributed by atoms with Crippen LogP contribution < -0.4 is 11.1 Å². The first-order valence-corrected chi connectivity index (χ1v) is 5.77. The molecule has 18 heavy (non-hydrogen) atoms. The fourth-order valence-electron chi connectivity index (χ4n) is 1.27. The number of benzene rings is 1. The van der Waals surface area contributed by atoms with Crippen molar-refractivity contribution < 1.29 is 13.9 Å². The van der Waals surface area contributed by atoms with E-state index in [9.17, 15) is 9.18 Å². The first kappa shape index (κ1) is 14.6. The van der Waals surface area contributed by atoms with Gasteiger partial charge in [-0.2, -0.15) is 0 Å². The Morgan fingerprint density at radius 3 is 2.67 bits per heavy atom. The van der Waals surface area contributed by atoms with E-state index >= 15 is 0 Å². The predicted octanol–water partition coefficient (Wildman–Crippen LogP) is 3.09. The zero-order valence-electron chi connectivity index (χ0n) is 10.5. The summed E-state index contributed by atoms with van der Waals surface area (Å²) in [5.41, 5.74) is 5.33. The summed E-state index contributed by atoms with van der Waals surface area (Å²) >= 11 is 5.70. The molecule has 0 heterocycles. The minimum absolute atomic E-state index is 0.0320. The van der Waals surface area contributed by atoms with Crippen LogP contribution in [-0.4, -0.2) is 11.7 Å². The number of carbonyl (C=O) groups is 1. The van der Waals surface area contributed by atoms with Crippen molar-refractivity contribution in [2.45, 2.75) is 32.9 Å². The number of ether oxygens (including phenoxy) is 1. The number of hydrogen-bond acceptors (Lipinski definition) is 3.